The number of likely N-dealkylation sites (N-methyl/N-ethyl adjacent to an activating group) is 1. The Morgan fingerprint density at radius 2 is 2.15 bits per heavy atom. The van der Waals surface area contributed by atoms with Crippen LogP contribution < -0.4 is 15.5 Å². The van der Waals surface area contributed by atoms with Gasteiger partial charge in [-0.25, -0.2) is 9.37 Å². The van der Waals surface area contributed by atoms with Crippen LogP contribution in [0.4, 0.5) is 21.8 Å². The van der Waals surface area contributed by atoms with E-state index in [9.17, 15) is 9.18 Å². The van der Waals surface area contributed by atoms with Crippen molar-refractivity contribution in [3.63, 3.8) is 0 Å². The molecule has 4 heterocycles. The molecule has 0 bridgehead atoms. The molecule has 0 unspecified atom stereocenters. The monoisotopic (exact) mass is 470 g/mol. The zero-order valence-electron chi connectivity index (χ0n) is 19.9. The topological polar surface area (TPSA) is 109 Å². The second-order valence-corrected chi connectivity index (χ2v) is 8.95. The van der Waals surface area contributed by atoms with Crippen molar-refractivity contribution >= 4 is 34.5 Å². The van der Waals surface area contributed by atoms with E-state index in [4.69, 9.17) is 4.98 Å². The molecule has 11 nitrogen and oxygen atoms in total. The van der Waals surface area contributed by atoms with Gasteiger partial charge in [0.25, 0.3) is 0 Å². The highest BCUT2D eigenvalue weighted by Gasteiger charge is 2.35. The average molecular weight is 471 g/mol. The molecular formula is C22H31FN10O. The lowest BCUT2D eigenvalue weighted by atomic mass is 10.2. The quantitative estimate of drug-likeness (QED) is 0.455. The van der Waals surface area contributed by atoms with Crippen molar-refractivity contribution in [1.82, 2.24) is 39.5 Å². The average Bonchev–Trinajstić information content (AvgIpc) is 3.51. The van der Waals surface area contributed by atoms with Crippen molar-refractivity contribution < 1.29 is 9.18 Å². The molecule has 0 aliphatic carbocycles. The number of hydrogen-bond acceptors (Lipinski definition) is 8. The minimum absolute atomic E-state index is 0.0747. The predicted octanol–water partition coefficient (Wildman–Crippen LogP) is 1.74. The van der Waals surface area contributed by atoms with Crippen LogP contribution in [0.3, 0.4) is 0 Å². The Labute approximate surface area is 197 Å². The number of rotatable bonds is 9. The van der Waals surface area contributed by atoms with Gasteiger partial charge in [-0.2, -0.15) is 15.1 Å². The van der Waals surface area contributed by atoms with Gasteiger partial charge in [-0.15, -0.1) is 0 Å². The number of carbonyl (C=O) groups excluding carboxylic acids is 1. The molecule has 1 aliphatic heterocycles. The van der Waals surface area contributed by atoms with Crippen molar-refractivity contribution in [3.8, 4) is 0 Å². The maximum atomic E-state index is 14.7. The fraction of sp³-hybridized carbons (Fsp3) is 0.500. The van der Waals surface area contributed by atoms with Crippen LogP contribution in [0.25, 0.3) is 11.2 Å². The fourth-order valence-corrected chi connectivity index (χ4v) is 3.81. The first-order valence-electron chi connectivity index (χ1n) is 11.3. The van der Waals surface area contributed by atoms with Crippen LogP contribution in [0, 0.1) is 0 Å². The summed E-state index contributed by atoms with van der Waals surface area (Å²) in [6.07, 6.45) is 5.26. The number of nitrogens with one attached hydrogen (secondary N) is 2. The highest BCUT2D eigenvalue weighted by molar-refractivity contribution is 5.88. The van der Waals surface area contributed by atoms with Crippen LogP contribution in [0.15, 0.2) is 31.4 Å². The molecule has 1 amide bonds. The first-order chi connectivity index (χ1) is 16.2. The first kappa shape index (κ1) is 23.6. The Balaban J connectivity index is 1.64. The fourth-order valence-electron chi connectivity index (χ4n) is 3.81. The van der Waals surface area contributed by atoms with E-state index in [0.29, 0.717) is 22.9 Å². The Bertz CT molecular complexity index is 1170. The summed E-state index contributed by atoms with van der Waals surface area (Å²) in [5.74, 6) is 0.480. The highest BCUT2D eigenvalue weighted by atomic mass is 19.1. The molecule has 1 fully saturated rings. The molecule has 12 heteroatoms. The number of hydrogen-bond donors (Lipinski definition) is 2. The number of nitrogens with zero attached hydrogens (tertiary/aromatic N) is 8. The third kappa shape index (κ3) is 5.01. The van der Waals surface area contributed by atoms with Gasteiger partial charge in [0.1, 0.15) is 6.17 Å². The number of imidazole rings is 1. The Hall–Kier alpha value is -3.54. The molecule has 1 saturated heterocycles. The summed E-state index contributed by atoms with van der Waals surface area (Å²) in [5, 5.41) is 10.4. The Kier molecular flexibility index (Phi) is 6.77. The molecular weight excluding hydrogens is 439 g/mol. The van der Waals surface area contributed by atoms with Crippen LogP contribution in [0.5, 0.6) is 0 Å². The van der Waals surface area contributed by atoms with E-state index in [-0.39, 0.29) is 19.1 Å². The van der Waals surface area contributed by atoms with Gasteiger partial charge in [0.15, 0.2) is 17.0 Å². The summed E-state index contributed by atoms with van der Waals surface area (Å²) in [5.41, 5.74) is 2.03. The molecule has 3 aromatic rings. The third-order valence-electron chi connectivity index (χ3n) is 5.68. The molecule has 0 saturated carbocycles. The number of alkyl halides is 1. The summed E-state index contributed by atoms with van der Waals surface area (Å²) < 4.78 is 18.5. The van der Waals surface area contributed by atoms with Crippen molar-refractivity contribution in [2.45, 2.75) is 38.6 Å². The van der Waals surface area contributed by atoms with Gasteiger partial charge in [0, 0.05) is 25.3 Å². The minimum atomic E-state index is -1.25. The van der Waals surface area contributed by atoms with Gasteiger partial charge in [-0.3, -0.25) is 9.48 Å². The third-order valence-corrected chi connectivity index (χ3v) is 5.68. The highest BCUT2D eigenvalue weighted by Crippen LogP contribution is 2.29. The maximum absolute atomic E-state index is 14.7. The van der Waals surface area contributed by atoms with E-state index in [0.717, 1.165) is 24.9 Å². The lowest BCUT2D eigenvalue weighted by Crippen LogP contribution is -2.40. The SMILES string of the molecule is C=CC(=O)N[C@H]1CN(c2nc(Nc3cnn(CCN(C)C)c3)c3ncn(C(C)C)c3n2)C[C@H]1F. The zero-order chi connectivity index (χ0) is 24.4. The number of amides is 1. The number of fused-ring (bicyclic) bond motifs is 1. The van der Waals surface area contributed by atoms with Crippen LogP contribution in [0.2, 0.25) is 0 Å². The molecule has 34 heavy (non-hydrogen) atoms. The molecule has 0 radical (unpaired) electrons. The minimum Gasteiger partial charge on any atom is -0.345 e. The second kappa shape index (κ2) is 9.75. The van der Waals surface area contributed by atoms with E-state index in [1.54, 1.807) is 17.4 Å². The van der Waals surface area contributed by atoms with Crippen LogP contribution >= 0.6 is 0 Å². The Morgan fingerprint density at radius 1 is 1.35 bits per heavy atom. The van der Waals surface area contributed by atoms with E-state index in [1.165, 1.54) is 0 Å². The Morgan fingerprint density at radius 3 is 2.85 bits per heavy atom. The summed E-state index contributed by atoms with van der Waals surface area (Å²) in [6.45, 7) is 9.46. The predicted molar refractivity (Wildman–Crippen MR) is 129 cm³/mol. The van der Waals surface area contributed by atoms with Gasteiger partial charge >= 0.3 is 0 Å². The number of carbonyl (C=O) groups is 1. The first-order valence-corrected chi connectivity index (χ1v) is 11.3. The molecule has 0 aromatic carbocycles. The van der Waals surface area contributed by atoms with E-state index >= 15 is 0 Å². The zero-order valence-corrected chi connectivity index (χ0v) is 19.9. The van der Waals surface area contributed by atoms with Crippen LogP contribution in [-0.2, 0) is 11.3 Å². The van der Waals surface area contributed by atoms with Crippen molar-refractivity contribution in [3.05, 3.63) is 31.4 Å². The summed E-state index contributed by atoms with van der Waals surface area (Å²) >= 11 is 0. The maximum Gasteiger partial charge on any atom is 0.243 e. The van der Waals surface area contributed by atoms with Gasteiger partial charge in [0.2, 0.25) is 11.9 Å². The number of halogens is 1. The van der Waals surface area contributed by atoms with Gasteiger partial charge < -0.3 is 25.0 Å². The second-order valence-electron chi connectivity index (χ2n) is 8.95. The van der Waals surface area contributed by atoms with Crippen molar-refractivity contribution in [2.75, 3.05) is 43.9 Å². The largest absolute Gasteiger partial charge is 0.345 e. The van der Waals surface area contributed by atoms with Gasteiger partial charge in [0.05, 0.1) is 37.3 Å². The van der Waals surface area contributed by atoms with Crippen LogP contribution in [-0.4, -0.2) is 86.0 Å². The van der Waals surface area contributed by atoms with Crippen LogP contribution in [0.1, 0.15) is 19.9 Å². The lowest BCUT2D eigenvalue weighted by Gasteiger charge is -2.18. The smallest absolute Gasteiger partial charge is 0.243 e. The number of aromatic nitrogens is 6. The molecule has 0 spiro atoms. The van der Waals surface area contributed by atoms with Gasteiger partial charge in [-0.1, -0.05) is 6.58 Å². The van der Waals surface area contributed by atoms with Crippen molar-refractivity contribution in [2.24, 2.45) is 0 Å². The molecule has 182 valence electrons. The summed E-state index contributed by atoms with van der Waals surface area (Å²) in [6, 6.07) is -0.535. The summed E-state index contributed by atoms with van der Waals surface area (Å²) in [4.78, 5) is 29.4. The van der Waals surface area contributed by atoms with E-state index in [2.05, 4.69) is 37.2 Å². The van der Waals surface area contributed by atoms with Gasteiger partial charge in [-0.05, 0) is 34.0 Å². The molecule has 1 aliphatic rings. The lowest BCUT2D eigenvalue weighted by molar-refractivity contribution is -0.117. The standard InChI is InChI=1S/C22H31FN10O/c1-6-18(34)27-17-12-31(11-16(17)23)22-28-20(19-21(29-22)33(13-24-19)14(2)3)26-15-9-25-32(10-15)8-7-30(4)5/h6,9-10,13-14,16-17H,1,7-8,11-12H2,2-5H3,(H,27,34)(H,26,28,29)/t16-,17+/m1/s1. The van der Waals surface area contributed by atoms with E-state index in [1.807, 2.05) is 43.4 Å². The summed E-state index contributed by atoms with van der Waals surface area (Å²) in [7, 11) is 4.03. The molecule has 2 N–H and O–H groups in total. The molecule has 3 aromatic heterocycles. The van der Waals surface area contributed by atoms with Crippen molar-refractivity contribution in [1.29, 1.82) is 0 Å². The molecule has 4 rings (SSSR count). The normalized spacial score (nSPS) is 18.3. The molecule has 2 atom stereocenters. The van der Waals surface area contributed by atoms with E-state index < -0.39 is 18.1 Å². The number of anilines is 3.